The molecule has 0 radical (unpaired) electrons. The van der Waals surface area contributed by atoms with Crippen molar-refractivity contribution in [3.8, 4) is 0 Å². The van der Waals surface area contributed by atoms with Crippen LogP contribution >= 0.6 is 0 Å². The average Bonchev–Trinajstić information content (AvgIpc) is 2.85. The number of nitrogens with zero attached hydrogens (tertiary/aromatic N) is 2. The maximum Gasteiger partial charge on any atom is 0.256 e. The van der Waals surface area contributed by atoms with Gasteiger partial charge in [-0.2, -0.15) is 4.31 Å². The van der Waals surface area contributed by atoms with E-state index in [0.29, 0.717) is 75.0 Å². The molecule has 2 amide bonds. The molecule has 2 fully saturated rings. The molecule has 0 aliphatic carbocycles. The number of para-hydroxylation sites is 1. The third kappa shape index (κ3) is 5.77. The highest BCUT2D eigenvalue weighted by Crippen LogP contribution is 2.20. The van der Waals surface area contributed by atoms with E-state index in [1.165, 1.54) is 4.31 Å². The van der Waals surface area contributed by atoms with Gasteiger partial charge in [0, 0.05) is 31.7 Å². The molecule has 0 unspecified atom stereocenters. The summed E-state index contributed by atoms with van der Waals surface area (Å²) in [7, 11) is -3.44. The van der Waals surface area contributed by atoms with Crippen LogP contribution < -0.4 is 5.32 Å². The lowest BCUT2D eigenvalue weighted by atomic mass is 10.1. The van der Waals surface area contributed by atoms with E-state index >= 15 is 0 Å². The quantitative estimate of drug-likeness (QED) is 0.683. The molecule has 0 saturated carbocycles. The zero-order valence-electron chi connectivity index (χ0n) is 18.2. The number of hydrogen-bond donors (Lipinski definition) is 1. The molecule has 1 N–H and O–H groups in total. The number of carbonyl (C=O) groups is 2. The molecule has 9 nitrogen and oxygen atoms in total. The zero-order valence-corrected chi connectivity index (χ0v) is 19.1. The summed E-state index contributed by atoms with van der Waals surface area (Å²) in [6.07, 6.45) is 0. The van der Waals surface area contributed by atoms with Gasteiger partial charge in [-0.25, -0.2) is 8.42 Å². The Kier molecular flexibility index (Phi) is 7.39. The summed E-state index contributed by atoms with van der Waals surface area (Å²) in [6.45, 7) is 3.51. The maximum absolute atomic E-state index is 12.9. The first-order valence-electron chi connectivity index (χ1n) is 10.9. The smallest absolute Gasteiger partial charge is 0.256 e. The Balaban J connectivity index is 1.43. The predicted molar refractivity (Wildman–Crippen MR) is 123 cm³/mol. The molecule has 0 atom stereocenters. The molecule has 2 saturated heterocycles. The number of nitrogens with one attached hydrogen (secondary N) is 1. The van der Waals surface area contributed by atoms with Gasteiger partial charge in [-0.15, -0.1) is 0 Å². The molecule has 0 bridgehead atoms. The third-order valence-electron chi connectivity index (χ3n) is 5.63. The fraction of sp³-hybridized carbons (Fsp3) is 0.391. The van der Waals surface area contributed by atoms with Crippen LogP contribution in [0, 0.1) is 0 Å². The van der Waals surface area contributed by atoms with E-state index in [0.717, 1.165) is 0 Å². The molecule has 0 spiro atoms. The van der Waals surface area contributed by atoms with Crippen LogP contribution in [0.2, 0.25) is 0 Å². The van der Waals surface area contributed by atoms with Gasteiger partial charge in [0.05, 0.1) is 43.4 Å². The summed E-state index contributed by atoms with van der Waals surface area (Å²) in [5.74, 6) is -0.663. The number of morpholine rings is 2. The van der Waals surface area contributed by atoms with Crippen molar-refractivity contribution in [1.29, 1.82) is 0 Å². The van der Waals surface area contributed by atoms with Crippen LogP contribution in [0.3, 0.4) is 0 Å². The second kappa shape index (κ2) is 10.4. The Morgan fingerprint density at radius 2 is 1.45 bits per heavy atom. The molecule has 2 aromatic rings. The van der Waals surface area contributed by atoms with Crippen molar-refractivity contribution in [2.45, 2.75) is 5.75 Å². The summed E-state index contributed by atoms with van der Waals surface area (Å²) >= 11 is 0. The van der Waals surface area contributed by atoms with Gasteiger partial charge in [-0.1, -0.05) is 24.3 Å². The largest absolute Gasteiger partial charge is 0.379 e. The van der Waals surface area contributed by atoms with E-state index in [4.69, 9.17) is 9.47 Å². The SMILES string of the molecule is O=C(Nc1ccccc1C(=O)N1CCOCC1)c1ccc(CS(=O)(=O)N2CCOCC2)cc1. The summed E-state index contributed by atoms with van der Waals surface area (Å²) in [6, 6.07) is 13.3. The van der Waals surface area contributed by atoms with Gasteiger partial charge in [0.15, 0.2) is 0 Å². The number of ether oxygens (including phenoxy) is 2. The van der Waals surface area contributed by atoms with Crippen LogP contribution in [-0.2, 0) is 25.2 Å². The average molecular weight is 474 g/mol. The van der Waals surface area contributed by atoms with Crippen molar-refractivity contribution < 1.29 is 27.5 Å². The standard InChI is InChI=1S/C23H27N3O6S/c27-22(24-21-4-2-1-3-20(21)23(28)25-9-13-31-14-10-25)19-7-5-18(6-8-19)17-33(29,30)26-11-15-32-16-12-26/h1-8H,9-17H2,(H,24,27). The minimum atomic E-state index is -3.44. The van der Waals surface area contributed by atoms with Gasteiger partial charge < -0.3 is 19.7 Å². The van der Waals surface area contributed by atoms with Gasteiger partial charge in [0.1, 0.15) is 0 Å². The number of sulfonamides is 1. The minimum absolute atomic E-state index is 0.133. The van der Waals surface area contributed by atoms with E-state index in [9.17, 15) is 18.0 Å². The van der Waals surface area contributed by atoms with E-state index in [1.54, 1.807) is 53.4 Å². The van der Waals surface area contributed by atoms with E-state index in [2.05, 4.69) is 5.32 Å². The molecule has 2 aliphatic heterocycles. The minimum Gasteiger partial charge on any atom is -0.379 e. The van der Waals surface area contributed by atoms with Gasteiger partial charge in [0.2, 0.25) is 10.0 Å². The van der Waals surface area contributed by atoms with Crippen LogP contribution in [-0.4, -0.2) is 82.0 Å². The molecular weight excluding hydrogens is 446 g/mol. The van der Waals surface area contributed by atoms with Gasteiger partial charge in [-0.05, 0) is 29.8 Å². The second-order valence-electron chi connectivity index (χ2n) is 7.87. The predicted octanol–water partition coefficient (Wildman–Crippen LogP) is 1.57. The molecule has 10 heteroatoms. The Labute approximate surface area is 193 Å². The topological polar surface area (TPSA) is 105 Å². The molecular formula is C23H27N3O6S. The summed E-state index contributed by atoms with van der Waals surface area (Å²) in [5, 5.41) is 2.81. The van der Waals surface area contributed by atoms with Crippen molar-refractivity contribution in [2.24, 2.45) is 0 Å². The van der Waals surface area contributed by atoms with Crippen molar-refractivity contribution in [3.05, 3.63) is 65.2 Å². The number of anilines is 1. The highest BCUT2D eigenvalue weighted by molar-refractivity contribution is 7.88. The molecule has 4 rings (SSSR count). The van der Waals surface area contributed by atoms with E-state index < -0.39 is 10.0 Å². The Morgan fingerprint density at radius 3 is 2.12 bits per heavy atom. The lowest BCUT2D eigenvalue weighted by molar-refractivity contribution is 0.0303. The Hall–Kier alpha value is -2.79. The molecule has 176 valence electrons. The highest BCUT2D eigenvalue weighted by atomic mass is 32.2. The van der Waals surface area contributed by atoms with Crippen LogP contribution in [0.4, 0.5) is 5.69 Å². The monoisotopic (exact) mass is 473 g/mol. The molecule has 0 aromatic heterocycles. The highest BCUT2D eigenvalue weighted by Gasteiger charge is 2.25. The number of hydrogen-bond acceptors (Lipinski definition) is 6. The first kappa shape index (κ1) is 23.4. The van der Waals surface area contributed by atoms with Gasteiger partial charge in [0.25, 0.3) is 11.8 Å². The van der Waals surface area contributed by atoms with Crippen molar-refractivity contribution in [1.82, 2.24) is 9.21 Å². The van der Waals surface area contributed by atoms with Crippen LogP contribution in [0.5, 0.6) is 0 Å². The lowest BCUT2D eigenvalue weighted by Crippen LogP contribution is -2.41. The first-order valence-corrected chi connectivity index (χ1v) is 12.5. The van der Waals surface area contributed by atoms with Crippen molar-refractivity contribution >= 4 is 27.5 Å². The molecule has 2 heterocycles. The summed E-state index contributed by atoms with van der Waals surface area (Å²) in [4.78, 5) is 27.4. The molecule has 33 heavy (non-hydrogen) atoms. The van der Waals surface area contributed by atoms with Gasteiger partial charge in [-0.3, -0.25) is 9.59 Å². The third-order valence-corrected chi connectivity index (χ3v) is 7.48. The van der Waals surface area contributed by atoms with Crippen molar-refractivity contribution in [3.63, 3.8) is 0 Å². The fourth-order valence-corrected chi connectivity index (χ4v) is 5.29. The van der Waals surface area contributed by atoms with Crippen LogP contribution in [0.15, 0.2) is 48.5 Å². The Bertz CT molecular complexity index is 1090. The van der Waals surface area contributed by atoms with Gasteiger partial charge >= 0.3 is 0 Å². The summed E-state index contributed by atoms with van der Waals surface area (Å²) < 4.78 is 37.1. The Morgan fingerprint density at radius 1 is 0.848 bits per heavy atom. The summed E-state index contributed by atoms with van der Waals surface area (Å²) in [5.41, 5.74) is 1.82. The number of benzene rings is 2. The molecule has 2 aromatic carbocycles. The normalized spacial score (nSPS) is 17.5. The first-order chi connectivity index (χ1) is 15.9. The molecule has 2 aliphatic rings. The number of carbonyl (C=O) groups excluding carboxylic acids is 2. The number of rotatable bonds is 6. The van der Waals surface area contributed by atoms with Crippen LogP contribution in [0.1, 0.15) is 26.3 Å². The zero-order chi connectivity index (χ0) is 23.3. The lowest BCUT2D eigenvalue weighted by Gasteiger charge is -2.27. The fourth-order valence-electron chi connectivity index (χ4n) is 3.79. The van der Waals surface area contributed by atoms with Crippen molar-refractivity contribution in [2.75, 3.05) is 57.9 Å². The second-order valence-corrected chi connectivity index (χ2v) is 9.84. The van der Waals surface area contributed by atoms with Crippen LogP contribution in [0.25, 0.3) is 0 Å². The maximum atomic E-state index is 12.9. The number of amides is 2. The van der Waals surface area contributed by atoms with E-state index in [-0.39, 0.29) is 17.6 Å². The van der Waals surface area contributed by atoms with E-state index in [1.807, 2.05) is 0 Å².